The van der Waals surface area contributed by atoms with Crippen molar-refractivity contribution in [1.29, 1.82) is 0 Å². The third-order valence-electron chi connectivity index (χ3n) is 5.70. The zero-order valence-corrected chi connectivity index (χ0v) is 23.6. The number of nitrogens with zero attached hydrogens (tertiary/aromatic N) is 3. The molecule has 2 N–H and O–H groups in total. The molecule has 0 bridgehead atoms. The Balaban J connectivity index is 0.000000192. The van der Waals surface area contributed by atoms with Crippen LogP contribution in [-0.4, -0.2) is 88.6 Å². The first kappa shape index (κ1) is 31.3. The summed E-state index contributed by atoms with van der Waals surface area (Å²) in [5, 5.41) is 16.4. The molecule has 1 aliphatic rings. The largest absolute Gasteiger partial charge is 0.491 e. The highest BCUT2D eigenvalue weighted by Gasteiger charge is 2.21. The number of aromatic nitrogens is 4. The van der Waals surface area contributed by atoms with E-state index in [2.05, 4.69) is 10.2 Å². The van der Waals surface area contributed by atoms with Crippen LogP contribution in [-0.2, 0) is 18.9 Å². The monoisotopic (exact) mass is 572 g/mol. The number of hydrogen-bond acceptors (Lipinski definition) is 10. The normalized spacial score (nSPS) is 14.3. The Labute approximate surface area is 236 Å². The summed E-state index contributed by atoms with van der Waals surface area (Å²) in [5.74, 6) is -0.258. The fourth-order valence-electron chi connectivity index (χ4n) is 3.46. The Hall–Kier alpha value is -4.20. The molecule has 1 fully saturated rings. The van der Waals surface area contributed by atoms with Crippen molar-refractivity contribution in [3.63, 3.8) is 0 Å². The number of aromatic amines is 1. The molecule has 13 heteroatoms. The number of pyridine rings is 2. The van der Waals surface area contributed by atoms with Crippen LogP contribution < -0.4 is 10.2 Å². The second-order valence-electron chi connectivity index (χ2n) is 8.78. The molecule has 2 unspecified atom stereocenters. The van der Waals surface area contributed by atoms with Crippen LogP contribution in [0.4, 0.5) is 0 Å². The molecule has 5 rings (SSSR count). The van der Waals surface area contributed by atoms with Crippen LogP contribution in [0.5, 0.6) is 5.75 Å². The molecule has 0 aliphatic carbocycles. The Morgan fingerprint density at radius 2 is 1.80 bits per heavy atom. The van der Waals surface area contributed by atoms with E-state index in [0.29, 0.717) is 53.6 Å². The van der Waals surface area contributed by atoms with E-state index in [-0.39, 0.29) is 12.0 Å². The van der Waals surface area contributed by atoms with Crippen molar-refractivity contribution in [2.45, 2.75) is 39.4 Å². The number of hydrogen-bond donors (Lipinski definition) is 2. The van der Waals surface area contributed by atoms with Crippen molar-refractivity contribution in [2.75, 3.05) is 40.1 Å². The number of carbonyl (C=O) groups is 2. The van der Waals surface area contributed by atoms with Gasteiger partial charge >= 0.3 is 11.9 Å². The van der Waals surface area contributed by atoms with Gasteiger partial charge in [0.15, 0.2) is 5.43 Å². The molecule has 4 aromatic heterocycles. The minimum atomic E-state index is -0.499. The topological polar surface area (TPSA) is 158 Å². The number of aliphatic hydroxyl groups is 1. The van der Waals surface area contributed by atoms with Gasteiger partial charge in [-0.1, -0.05) is 6.92 Å². The summed E-state index contributed by atoms with van der Waals surface area (Å²) in [5.41, 5.74) is 1.77. The van der Waals surface area contributed by atoms with Crippen LogP contribution in [0.15, 0.2) is 53.8 Å². The molecule has 0 radical (unpaired) electrons. The third-order valence-corrected chi connectivity index (χ3v) is 5.70. The summed E-state index contributed by atoms with van der Waals surface area (Å²) in [7, 11) is 1.68. The van der Waals surface area contributed by atoms with Crippen LogP contribution in [0.1, 0.15) is 47.9 Å². The number of esters is 2. The maximum Gasteiger partial charge on any atom is 0.341 e. The highest BCUT2D eigenvalue weighted by molar-refractivity contribution is 5.97. The highest BCUT2D eigenvalue weighted by Crippen LogP contribution is 2.19. The maximum atomic E-state index is 11.8. The van der Waals surface area contributed by atoms with Crippen molar-refractivity contribution >= 4 is 23.0 Å². The highest BCUT2D eigenvalue weighted by atomic mass is 16.6. The van der Waals surface area contributed by atoms with Gasteiger partial charge in [0.05, 0.1) is 49.8 Å². The zero-order valence-electron chi connectivity index (χ0n) is 23.6. The van der Waals surface area contributed by atoms with E-state index in [1.165, 1.54) is 24.5 Å². The van der Waals surface area contributed by atoms with E-state index in [9.17, 15) is 19.5 Å². The number of H-pyrrole nitrogens is 1. The molecule has 0 saturated carbocycles. The fraction of sp³-hybridized carbons (Fsp3) is 0.429. The number of carbonyl (C=O) groups excluding carboxylic acids is 2. The van der Waals surface area contributed by atoms with Gasteiger partial charge in [-0.2, -0.15) is 5.10 Å². The van der Waals surface area contributed by atoms with Crippen molar-refractivity contribution in [3.05, 3.63) is 70.4 Å². The molecule has 0 aromatic carbocycles. The van der Waals surface area contributed by atoms with Crippen molar-refractivity contribution < 1.29 is 38.4 Å². The smallest absolute Gasteiger partial charge is 0.341 e. The molecule has 0 spiro atoms. The summed E-state index contributed by atoms with van der Waals surface area (Å²) in [4.78, 5) is 34.4. The van der Waals surface area contributed by atoms with Crippen molar-refractivity contribution in [3.8, 4) is 5.75 Å². The predicted molar refractivity (Wildman–Crippen MR) is 149 cm³/mol. The van der Waals surface area contributed by atoms with Crippen LogP contribution in [0, 0.1) is 0 Å². The number of epoxide rings is 1. The predicted octanol–water partition coefficient (Wildman–Crippen LogP) is 2.50. The van der Waals surface area contributed by atoms with Crippen LogP contribution in [0.2, 0.25) is 0 Å². The van der Waals surface area contributed by atoms with Gasteiger partial charge in [-0.25, -0.2) is 14.1 Å². The summed E-state index contributed by atoms with van der Waals surface area (Å²) >= 11 is 0. The third kappa shape index (κ3) is 9.17. The Kier molecular flexibility index (Phi) is 11.9. The first-order valence-electron chi connectivity index (χ1n) is 13.2. The van der Waals surface area contributed by atoms with Crippen LogP contribution >= 0.6 is 0 Å². The quantitative estimate of drug-likeness (QED) is 0.214. The first-order valence-corrected chi connectivity index (χ1v) is 13.2. The van der Waals surface area contributed by atoms with Crippen LogP contribution in [0.3, 0.4) is 0 Å². The molecule has 1 saturated heterocycles. The number of methoxy groups -OCH3 is 1. The average Bonchev–Trinajstić information content (AvgIpc) is 3.53. The Morgan fingerprint density at radius 1 is 1.10 bits per heavy atom. The second-order valence-corrected chi connectivity index (χ2v) is 8.78. The van der Waals surface area contributed by atoms with E-state index in [1.807, 2.05) is 6.92 Å². The second kappa shape index (κ2) is 15.6. The van der Waals surface area contributed by atoms with Gasteiger partial charge in [0.1, 0.15) is 29.6 Å². The number of rotatable bonds is 10. The number of fused-ring (bicyclic) bond motifs is 2. The molecule has 2 atom stereocenters. The summed E-state index contributed by atoms with van der Waals surface area (Å²) < 4.78 is 28.1. The zero-order chi connectivity index (χ0) is 29.8. The van der Waals surface area contributed by atoms with Crippen molar-refractivity contribution in [1.82, 2.24) is 19.2 Å². The number of nitrogens with one attached hydrogen (secondary N) is 1. The van der Waals surface area contributed by atoms with Gasteiger partial charge in [0, 0.05) is 43.9 Å². The van der Waals surface area contributed by atoms with E-state index >= 15 is 0 Å². The van der Waals surface area contributed by atoms with E-state index in [4.69, 9.17) is 23.7 Å². The summed E-state index contributed by atoms with van der Waals surface area (Å²) in [6, 6.07) is 6.25. The van der Waals surface area contributed by atoms with E-state index < -0.39 is 18.0 Å². The van der Waals surface area contributed by atoms with Crippen LogP contribution in [0.25, 0.3) is 11.0 Å². The lowest BCUT2D eigenvalue weighted by Gasteiger charge is -2.10. The first-order chi connectivity index (χ1) is 19.8. The Bertz CT molecular complexity index is 1470. The van der Waals surface area contributed by atoms with Gasteiger partial charge < -0.3 is 33.9 Å². The molecule has 222 valence electrons. The number of aliphatic hydroxyl groups excluding tert-OH is 1. The van der Waals surface area contributed by atoms with E-state index in [0.717, 1.165) is 13.2 Å². The fourth-order valence-corrected chi connectivity index (χ4v) is 3.46. The lowest BCUT2D eigenvalue weighted by Crippen LogP contribution is -2.16. The van der Waals surface area contributed by atoms with E-state index in [1.54, 1.807) is 54.5 Å². The standard InChI is InChI=1S/C14H18N2O4.C10H10N2O3.C4H8O2/c1-3-10(17)9-20-11-5-6-16-13(7-11)12(8-15-16)14(18)19-4-2;1-2-15-10(14)8-6-11-12-4-3-7(13)5-9(8)12;1-5-2-4-3-6-4/h5-8,10,17H,3-4,9H2,1-2H3;3-6,11H,2H2,1H3;4H,2-3H2,1H3. The molecule has 41 heavy (non-hydrogen) atoms. The van der Waals surface area contributed by atoms with Gasteiger partial charge in [-0.05, 0) is 26.3 Å². The maximum absolute atomic E-state index is 11.8. The Morgan fingerprint density at radius 3 is 2.41 bits per heavy atom. The average molecular weight is 573 g/mol. The minimum absolute atomic E-state index is 0.139. The number of ether oxygens (including phenoxy) is 5. The van der Waals surface area contributed by atoms with Gasteiger partial charge in [0.25, 0.3) is 0 Å². The molecule has 13 nitrogen and oxygen atoms in total. The van der Waals surface area contributed by atoms with Gasteiger partial charge in [0.2, 0.25) is 0 Å². The lowest BCUT2D eigenvalue weighted by atomic mass is 10.2. The molecule has 4 aromatic rings. The van der Waals surface area contributed by atoms with Gasteiger partial charge in [-0.15, -0.1) is 0 Å². The molecular formula is C28H36N4O9. The van der Waals surface area contributed by atoms with Gasteiger partial charge in [-0.3, -0.25) is 9.31 Å². The summed E-state index contributed by atoms with van der Waals surface area (Å²) in [6.45, 7) is 7.88. The minimum Gasteiger partial charge on any atom is -0.491 e. The molecule has 5 heterocycles. The summed E-state index contributed by atoms with van der Waals surface area (Å²) in [6.07, 6.45) is 6.82. The lowest BCUT2D eigenvalue weighted by molar-refractivity contribution is 0.0519. The molecular weight excluding hydrogens is 536 g/mol. The molecule has 0 amide bonds. The van der Waals surface area contributed by atoms with Crippen molar-refractivity contribution in [2.24, 2.45) is 0 Å². The SMILES string of the molecule is CCOC(=O)c1c[nH]n2ccc(=O)cc12.CCOC(=O)c1cnn2ccc(OCC(O)CC)cc12.COCC1CO1. The molecule has 1 aliphatic heterocycles.